The number of nitrogens with zero attached hydrogens (tertiary/aromatic N) is 2. The Balaban J connectivity index is 1.95. The summed E-state index contributed by atoms with van der Waals surface area (Å²) in [7, 11) is 1.74. The zero-order valence-corrected chi connectivity index (χ0v) is 10.4. The molecule has 0 saturated heterocycles. The van der Waals surface area contributed by atoms with Crippen LogP contribution in [-0.2, 0) is 4.79 Å². The fourth-order valence-corrected chi connectivity index (χ4v) is 2.04. The van der Waals surface area contributed by atoms with E-state index in [2.05, 4.69) is 4.98 Å². The molecular weight excluding hydrogens is 230 g/mol. The van der Waals surface area contributed by atoms with Gasteiger partial charge in [0.25, 0.3) is 0 Å². The molecule has 2 aromatic rings. The first kappa shape index (κ1) is 11.2. The number of oxazole rings is 1. The molecule has 18 heavy (non-hydrogen) atoms. The molecule has 1 aromatic carbocycles. The number of carbonyl (C=O) groups excluding carboxylic acids is 1. The van der Waals surface area contributed by atoms with E-state index in [9.17, 15) is 4.79 Å². The van der Waals surface area contributed by atoms with Crippen LogP contribution in [0.15, 0.2) is 22.6 Å². The van der Waals surface area contributed by atoms with E-state index in [4.69, 9.17) is 10.2 Å². The van der Waals surface area contributed by atoms with E-state index >= 15 is 0 Å². The van der Waals surface area contributed by atoms with E-state index in [1.807, 2.05) is 18.2 Å². The van der Waals surface area contributed by atoms with Gasteiger partial charge in [-0.25, -0.2) is 4.98 Å². The molecule has 1 fully saturated rings. The molecule has 0 spiro atoms. The lowest BCUT2D eigenvalue weighted by atomic mass is 10.2. The number of anilines is 1. The second-order valence-electron chi connectivity index (χ2n) is 4.91. The van der Waals surface area contributed by atoms with E-state index < -0.39 is 5.54 Å². The second kappa shape index (κ2) is 3.55. The number of aryl methyl sites for hydroxylation is 1. The second-order valence-corrected chi connectivity index (χ2v) is 4.91. The van der Waals surface area contributed by atoms with E-state index in [1.165, 1.54) is 0 Å². The third-order valence-corrected chi connectivity index (χ3v) is 3.39. The summed E-state index contributed by atoms with van der Waals surface area (Å²) >= 11 is 0. The number of amides is 1. The molecule has 2 N–H and O–H groups in total. The van der Waals surface area contributed by atoms with E-state index in [1.54, 1.807) is 18.9 Å². The maximum absolute atomic E-state index is 12.1. The Morgan fingerprint density at radius 3 is 2.89 bits per heavy atom. The Bertz CT molecular complexity index is 628. The number of nitrogens with two attached hydrogens (primary N) is 1. The molecule has 1 saturated carbocycles. The number of rotatable bonds is 2. The number of hydrogen-bond donors (Lipinski definition) is 1. The minimum atomic E-state index is -0.652. The number of hydrogen-bond acceptors (Lipinski definition) is 4. The predicted octanol–water partition coefficient (Wildman–Crippen LogP) is 1.59. The van der Waals surface area contributed by atoms with Crippen molar-refractivity contribution < 1.29 is 9.21 Å². The van der Waals surface area contributed by atoms with Gasteiger partial charge in [0.2, 0.25) is 5.91 Å². The highest BCUT2D eigenvalue weighted by Crippen LogP contribution is 2.35. The van der Waals surface area contributed by atoms with Gasteiger partial charge in [0.15, 0.2) is 11.5 Å². The van der Waals surface area contributed by atoms with Crippen LogP contribution in [0.5, 0.6) is 0 Å². The highest BCUT2D eigenvalue weighted by Gasteiger charge is 2.47. The quantitative estimate of drug-likeness (QED) is 0.872. The molecule has 0 bridgehead atoms. The van der Waals surface area contributed by atoms with Crippen molar-refractivity contribution in [1.29, 1.82) is 0 Å². The van der Waals surface area contributed by atoms with Crippen molar-refractivity contribution in [2.75, 3.05) is 11.9 Å². The molecule has 5 heteroatoms. The number of carbonyl (C=O) groups is 1. The molecule has 1 amide bonds. The summed E-state index contributed by atoms with van der Waals surface area (Å²) < 4.78 is 5.46. The fraction of sp³-hybridized carbons (Fsp3) is 0.385. The third-order valence-electron chi connectivity index (χ3n) is 3.39. The molecule has 5 nitrogen and oxygen atoms in total. The molecule has 0 radical (unpaired) electrons. The highest BCUT2D eigenvalue weighted by atomic mass is 16.3. The van der Waals surface area contributed by atoms with Crippen molar-refractivity contribution in [3.8, 4) is 0 Å². The van der Waals surface area contributed by atoms with Gasteiger partial charge in [-0.05, 0) is 25.0 Å². The maximum atomic E-state index is 12.1. The van der Waals surface area contributed by atoms with Crippen molar-refractivity contribution in [2.45, 2.75) is 25.3 Å². The number of benzene rings is 1. The zero-order chi connectivity index (χ0) is 12.9. The standard InChI is InChI=1S/C13H15N3O2/c1-8-15-10-4-3-9(7-11(10)18-8)16(2)12(17)13(14)5-6-13/h3-4,7H,5-6,14H2,1-2H3. The lowest BCUT2D eigenvalue weighted by Crippen LogP contribution is -2.43. The van der Waals surface area contributed by atoms with Crippen LogP contribution in [0.1, 0.15) is 18.7 Å². The minimum Gasteiger partial charge on any atom is -0.441 e. The SMILES string of the molecule is Cc1nc2ccc(N(C)C(=O)C3(N)CC3)cc2o1. The third kappa shape index (κ3) is 1.67. The van der Waals surface area contributed by atoms with Gasteiger partial charge in [0.1, 0.15) is 5.52 Å². The predicted molar refractivity (Wildman–Crippen MR) is 68.3 cm³/mol. The number of fused-ring (bicyclic) bond motifs is 1. The Labute approximate surface area is 105 Å². The van der Waals surface area contributed by atoms with Crippen molar-refractivity contribution in [3.05, 3.63) is 24.1 Å². The van der Waals surface area contributed by atoms with Gasteiger partial charge >= 0.3 is 0 Å². The molecule has 94 valence electrons. The summed E-state index contributed by atoms with van der Waals surface area (Å²) in [4.78, 5) is 17.9. The van der Waals surface area contributed by atoms with E-state index in [0.29, 0.717) is 11.5 Å². The molecular formula is C13H15N3O2. The summed E-state index contributed by atoms with van der Waals surface area (Å²) in [6.07, 6.45) is 1.53. The number of aromatic nitrogens is 1. The fourth-order valence-electron chi connectivity index (χ4n) is 2.04. The zero-order valence-electron chi connectivity index (χ0n) is 10.4. The minimum absolute atomic E-state index is 0.0434. The molecule has 1 heterocycles. The lowest BCUT2D eigenvalue weighted by Gasteiger charge is -2.20. The Morgan fingerprint density at radius 2 is 2.22 bits per heavy atom. The highest BCUT2D eigenvalue weighted by molar-refractivity contribution is 6.02. The summed E-state index contributed by atoms with van der Waals surface area (Å²) in [6.45, 7) is 1.80. The van der Waals surface area contributed by atoms with Gasteiger partial charge in [0, 0.05) is 25.7 Å². The van der Waals surface area contributed by atoms with Crippen molar-refractivity contribution in [3.63, 3.8) is 0 Å². The number of likely N-dealkylation sites (N-methyl/N-ethyl adjacent to an activating group) is 1. The van der Waals surface area contributed by atoms with Crippen LogP contribution >= 0.6 is 0 Å². The van der Waals surface area contributed by atoms with E-state index in [0.717, 1.165) is 24.0 Å². The first-order valence-corrected chi connectivity index (χ1v) is 5.94. The first-order valence-electron chi connectivity index (χ1n) is 5.94. The average molecular weight is 245 g/mol. The van der Waals surface area contributed by atoms with Gasteiger partial charge in [-0.15, -0.1) is 0 Å². The molecule has 3 rings (SSSR count). The smallest absolute Gasteiger partial charge is 0.246 e. The van der Waals surface area contributed by atoms with Gasteiger partial charge < -0.3 is 15.1 Å². The van der Waals surface area contributed by atoms with Crippen LogP contribution in [-0.4, -0.2) is 23.5 Å². The van der Waals surface area contributed by atoms with Crippen molar-refractivity contribution in [2.24, 2.45) is 5.73 Å². The molecule has 1 aliphatic rings. The summed E-state index contributed by atoms with van der Waals surface area (Å²) in [5, 5.41) is 0. The monoisotopic (exact) mass is 245 g/mol. The van der Waals surface area contributed by atoms with Gasteiger partial charge in [-0.3, -0.25) is 4.79 Å². The molecule has 1 aromatic heterocycles. The molecule has 1 aliphatic carbocycles. The first-order chi connectivity index (χ1) is 8.49. The Morgan fingerprint density at radius 1 is 1.50 bits per heavy atom. The van der Waals surface area contributed by atoms with Crippen LogP contribution in [0.25, 0.3) is 11.1 Å². The van der Waals surface area contributed by atoms with Gasteiger partial charge in [0.05, 0.1) is 5.54 Å². The molecule has 0 aliphatic heterocycles. The summed E-state index contributed by atoms with van der Waals surface area (Å²) in [5.74, 6) is 0.576. The van der Waals surface area contributed by atoms with Crippen LogP contribution in [0.4, 0.5) is 5.69 Å². The van der Waals surface area contributed by atoms with Crippen LogP contribution < -0.4 is 10.6 Å². The average Bonchev–Trinajstić information content (AvgIpc) is 2.98. The van der Waals surface area contributed by atoms with Gasteiger partial charge in [-0.1, -0.05) is 0 Å². The summed E-state index contributed by atoms with van der Waals surface area (Å²) in [6, 6.07) is 5.52. The Hall–Kier alpha value is -1.88. The van der Waals surface area contributed by atoms with Crippen LogP contribution in [0.2, 0.25) is 0 Å². The normalized spacial score (nSPS) is 16.8. The molecule has 0 atom stereocenters. The topological polar surface area (TPSA) is 72.4 Å². The van der Waals surface area contributed by atoms with Crippen molar-refractivity contribution >= 4 is 22.7 Å². The van der Waals surface area contributed by atoms with E-state index in [-0.39, 0.29) is 5.91 Å². The Kier molecular flexibility index (Phi) is 2.22. The lowest BCUT2D eigenvalue weighted by molar-refractivity contribution is -0.120. The largest absolute Gasteiger partial charge is 0.441 e. The van der Waals surface area contributed by atoms with Crippen molar-refractivity contribution in [1.82, 2.24) is 4.98 Å². The van der Waals surface area contributed by atoms with Crippen LogP contribution in [0.3, 0.4) is 0 Å². The molecule has 0 unspecified atom stereocenters. The summed E-state index contributed by atoms with van der Waals surface area (Å²) in [5.41, 5.74) is 7.53. The van der Waals surface area contributed by atoms with Gasteiger partial charge in [-0.2, -0.15) is 0 Å². The maximum Gasteiger partial charge on any atom is 0.246 e. The van der Waals surface area contributed by atoms with Crippen LogP contribution in [0, 0.1) is 6.92 Å².